The van der Waals surface area contributed by atoms with E-state index in [0.29, 0.717) is 5.95 Å². The molecule has 1 fully saturated rings. The van der Waals surface area contributed by atoms with Crippen molar-refractivity contribution in [3.8, 4) is 16.9 Å². The van der Waals surface area contributed by atoms with Gasteiger partial charge in [0.05, 0.1) is 24.6 Å². The van der Waals surface area contributed by atoms with Gasteiger partial charge in [0.25, 0.3) is 0 Å². The highest BCUT2D eigenvalue weighted by Crippen LogP contribution is 2.25. The molecule has 0 saturated carbocycles. The van der Waals surface area contributed by atoms with E-state index in [2.05, 4.69) is 56.5 Å². The quantitative estimate of drug-likeness (QED) is 0.500. The fourth-order valence-electron chi connectivity index (χ4n) is 3.80. The maximum Gasteiger partial charge on any atom is 0.227 e. The molecule has 0 unspecified atom stereocenters. The minimum Gasteiger partial charge on any atom is -0.378 e. The van der Waals surface area contributed by atoms with Crippen molar-refractivity contribution in [2.24, 2.45) is 0 Å². The second kappa shape index (κ2) is 9.15. The van der Waals surface area contributed by atoms with Gasteiger partial charge in [-0.2, -0.15) is 5.10 Å². The molecule has 0 amide bonds. The molecule has 1 N–H and O–H groups in total. The molecular formula is C24H25N7O. The molecule has 8 heteroatoms. The number of ether oxygens (including phenoxy) is 1. The number of morpholine rings is 1. The van der Waals surface area contributed by atoms with E-state index < -0.39 is 0 Å². The lowest BCUT2D eigenvalue weighted by Crippen LogP contribution is -2.36. The number of nitrogens with one attached hydrogen (secondary N) is 1. The third-order valence-corrected chi connectivity index (χ3v) is 5.48. The van der Waals surface area contributed by atoms with E-state index in [1.54, 1.807) is 12.5 Å². The lowest BCUT2D eigenvalue weighted by molar-refractivity contribution is 0.122. The van der Waals surface area contributed by atoms with Gasteiger partial charge < -0.3 is 15.0 Å². The van der Waals surface area contributed by atoms with Crippen LogP contribution in [0.1, 0.15) is 12.7 Å². The number of anilines is 3. The van der Waals surface area contributed by atoms with E-state index in [1.165, 1.54) is 5.69 Å². The molecule has 0 atom stereocenters. The Labute approximate surface area is 186 Å². The molecule has 0 bridgehead atoms. The molecule has 1 saturated heterocycles. The van der Waals surface area contributed by atoms with Gasteiger partial charge in [-0.15, -0.1) is 0 Å². The molecule has 1 aliphatic rings. The van der Waals surface area contributed by atoms with E-state index in [9.17, 15) is 0 Å². The van der Waals surface area contributed by atoms with Gasteiger partial charge >= 0.3 is 0 Å². The summed E-state index contributed by atoms with van der Waals surface area (Å²) in [7, 11) is 0. The number of aromatic nitrogens is 5. The summed E-state index contributed by atoms with van der Waals surface area (Å²) < 4.78 is 7.32. The SMILES string of the molecule is CCc1ncnn1-c1ccc(Nc2nccc(-c3cccc(N4CCOCC4)c3)n2)cc1. The first kappa shape index (κ1) is 20.1. The van der Waals surface area contributed by atoms with Crippen molar-refractivity contribution < 1.29 is 4.74 Å². The van der Waals surface area contributed by atoms with Crippen LogP contribution in [0.3, 0.4) is 0 Å². The van der Waals surface area contributed by atoms with Crippen LogP contribution in [-0.2, 0) is 11.2 Å². The zero-order valence-corrected chi connectivity index (χ0v) is 18.0. The third kappa shape index (κ3) is 4.31. The van der Waals surface area contributed by atoms with Crippen LogP contribution in [0.25, 0.3) is 16.9 Å². The molecule has 5 rings (SSSR count). The van der Waals surface area contributed by atoms with Crippen LogP contribution >= 0.6 is 0 Å². The van der Waals surface area contributed by atoms with E-state index in [0.717, 1.165) is 61.2 Å². The van der Waals surface area contributed by atoms with E-state index >= 15 is 0 Å². The Morgan fingerprint density at radius 1 is 0.969 bits per heavy atom. The fourth-order valence-corrected chi connectivity index (χ4v) is 3.80. The monoisotopic (exact) mass is 427 g/mol. The number of nitrogens with zero attached hydrogens (tertiary/aromatic N) is 6. The van der Waals surface area contributed by atoms with Crippen LogP contribution in [0, 0.1) is 0 Å². The normalized spacial score (nSPS) is 13.8. The van der Waals surface area contributed by atoms with Crippen LogP contribution in [-0.4, -0.2) is 51.0 Å². The average molecular weight is 428 g/mol. The van der Waals surface area contributed by atoms with Gasteiger partial charge in [-0.1, -0.05) is 19.1 Å². The Bertz CT molecular complexity index is 1180. The highest BCUT2D eigenvalue weighted by Gasteiger charge is 2.12. The average Bonchev–Trinajstić information content (AvgIpc) is 3.34. The first-order valence-corrected chi connectivity index (χ1v) is 10.8. The zero-order chi connectivity index (χ0) is 21.8. The van der Waals surface area contributed by atoms with Crippen LogP contribution in [0.2, 0.25) is 0 Å². The highest BCUT2D eigenvalue weighted by molar-refractivity contribution is 5.67. The molecule has 4 aromatic rings. The molecular weight excluding hydrogens is 402 g/mol. The van der Waals surface area contributed by atoms with Crippen molar-refractivity contribution in [3.05, 3.63) is 72.9 Å². The van der Waals surface area contributed by atoms with Gasteiger partial charge in [0.2, 0.25) is 5.95 Å². The number of hydrogen-bond donors (Lipinski definition) is 1. The minimum atomic E-state index is 0.557. The Kier molecular flexibility index (Phi) is 5.76. The summed E-state index contributed by atoms with van der Waals surface area (Å²) in [5, 5.41) is 7.61. The van der Waals surface area contributed by atoms with Gasteiger partial charge in [0, 0.05) is 42.6 Å². The van der Waals surface area contributed by atoms with Crippen molar-refractivity contribution in [1.29, 1.82) is 0 Å². The maximum absolute atomic E-state index is 5.47. The molecule has 3 heterocycles. The van der Waals surface area contributed by atoms with Crippen LogP contribution < -0.4 is 10.2 Å². The van der Waals surface area contributed by atoms with Crippen LogP contribution in [0.15, 0.2) is 67.1 Å². The summed E-state index contributed by atoms with van der Waals surface area (Å²) in [5.74, 6) is 1.49. The van der Waals surface area contributed by atoms with Gasteiger partial charge in [0.15, 0.2) is 0 Å². The molecule has 162 valence electrons. The first-order valence-electron chi connectivity index (χ1n) is 10.8. The van der Waals surface area contributed by atoms with Crippen molar-refractivity contribution in [2.75, 3.05) is 36.5 Å². The van der Waals surface area contributed by atoms with E-state index in [1.807, 2.05) is 35.0 Å². The second-order valence-corrected chi connectivity index (χ2v) is 7.53. The van der Waals surface area contributed by atoms with E-state index in [-0.39, 0.29) is 0 Å². The van der Waals surface area contributed by atoms with Gasteiger partial charge in [0.1, 0.15) is 12.2 Å². The molecule has 2 aromatic carbocycles. The number of aryl methyl sites for hydroxylation is 1. The van der Waals surface area contributed by atoms with E-state index in [4.69, 9.17) is 9.72 Å². The zero-order valence-electron chi connectivity index (χ0n) is 18.0. The molecule has 0 aliphatic carbocycles. The van der Waals surface area contributed by atoms with Crippen molar-refractivity contribution >= 4 is 17.3 Å². The Morgan fingerprint density at radius 3 is 2.62 bits per heavy atom. The standard InChI is InChI=1S/C24H25N7O/c1-2-23-26-17-27-31(23)20-8-6-19(7-9-20)28-24-25-11-10-22(29-24)18-4-3-5-21(16-18)30-12-14-32-15-13-30/h3-11,16-17H,2,12-15H2,1H3,(H,25,28,29). The largest absolute Gasteiger partial charge is 0.378 e. The molecule has 2 aromatic heterocycles. The second-order valence-electron chi connectivity index (χ2n) is 7.53. The Hall–Kier alpha value is -3.78. The lowest BCUT2D eigenvalue weighted by atomic mass is 10.1. The van der Waals surface area contributed by atoms with Crippen molar-refractivity contribution in [3.63, 3.8) is 0 Å². The van der Waals surface area contributed by atoms with Crippen LogP contribution in [0.4, 0.5) is 17.3 Å². The summed E-state index contributed by atoms with van der Waals surface area (Å²) in [6.07, 6.45) is 4.19. The predicted octanol–water partition coefficient (Wildman–Crippen LogP) is 3.87. The maximum atomic E-state index is 5.47. The Balaban J connectivity index is 1.33. The predicted molar refractivity (Wildman–Crippen MR) is 125 cm³/mol. The topological polar surface area (TPSA) is 81.0 Å². The number of hydrogen-bond acceptors (Lipinski definition) is 7. The molecule has 8 nitrogen and oxygen atoms in total. The fraction of sp³-hybridized carbons (Fsp3) is 0.250. The summed E-state index contributed by atoms with van der Waals surface area (Å²) in [6.45, 7) is 5.41. The lowest BCUT2D eigenvalue weighted by Gasteiger charge is -2.29. The van der Waals surface area contributed by atoms with Crippen LogP contribution in [0.5, 0.6) is 0 Å². The van der Waals surface area contributed by atoms with Gasteiger partial charge in [-0.25, -0.2) is 19.6 Å². The number of benzene rings is 2. The minimum absolute atomic E-state index is 0.557. The highest BCUT2D eigenvalue weighted by atomic mass is 16.5. The summed E-state index contributed by atoms with van der Waals surface area (Å²) in [6, 6.07) is 18.4. The molecule has 1 aliphatic heterocycles. The molecule has 0 spiro atoms. The molecule has 0 radical (unpaired) electrons. The molecule has 32 heavy (non-hydrogen) atoms. The van der Waals surface area contributed by atoms with Gasteiger partial charge in [-0.05, 0) is 42.5 Å². The Morgan fingerprint density at radius 2 is 1.81 bits per heavy atom. The third-order valence-electron chi connectivity index (χ3n) is 5.48. The van der Waals surface area contributed by atoms with Gasteiger partial charge in [-0.3, -0.25) is 0 Å². The van der Waals surface area contributed by atoms with Crippen molar-refractivity contribution in [2.45, 2.75) is 13.3 Å². The number of rotatable bonds is 6. The summed E-state index contributed by atoms with van der Waals surface area (Å²) in [5.41, 5.74) is 5.01. The summed E-state index contributed by atoms with van der Waals surface area (Å²) in [4.78, 5) is 15.8. The smallest absolute Gasteiger partial charge is 0.227 e. The summed E-state index contributed by atoms with van der Waals surface area (Å²) >= 11 is 0. The van der Waals surface area contributed by atoms with Crippen molar-refractivity contribution in [1.82, 2.24) is 24.7 Å². The first-order chi connectivity index (χ1) is 15.8.